The normalized spacial score (nSPS) is 22.4. The predicted molar refractivity (Wildman–Crippen MR) is 176 cm³/mol. The van der Waals surface area contributed by atoms with Gasteiger partial charge in [-0.2, -0.15) is 0 Å². The highest BCUT2D eigenvalue weighted by molar-refractivity contribution is 7.80. The molecule has 0 saturated carbocycles. The summed E-state index contributed by atoms with van der Waals surface area (Å²) in [5, 5.41) is 5.01. The van der Waals surface area contributed by atoms with E-state index in [1.54, 1.807) is 7.11 Å². The number of aryl methyl sites for hydroxylation is 1. The molecule has 0 unspecified atom stereocenters. The van der Waals surface area contributed by atoms with Crippen molar-refractivity contribution in [1.29, 1.82) is 0 Å². The summed E-state index contributed by atoms with van der Waals surface area (Å²) >= 11 is 13.1. The molecule has 42 heavy (non-hydrogen) atoms. The van der Waals surface area contributed by atoms with Gasteiger partial charge in [0.05, 0.1) is 35.6 Å². The molecule has 4 aromatic rings. The molecular formula is C34H38ClN5OS. The second-order valence-electron chi connectivity index (χ2n) is 11.8. The first-order valence-electron chi connectivity index (χ1n) is 14.6. The van der Waals surface area contributed by atoms with Gasteiger partial charge in [0, 0.05) is 42.0 Å². The number of rotatable bonds is 6. The first kappa shape index (κ1) is 28.6. The lowest BCUT2D eigenvalue weighted by molar-refractivity contribution is 0.357. The SMILES string of the molecule is COc1ccc(-n2c(C)cc([C@H]3[C@H](c4ccccn4)NC(=S)N3c3ccc(N4C[C@H](C)C[C@H](C)C4)c(Cl)c3)c2C)cc1. The van der Waals surface area contributed by atoms with Crippen LogP contribution in [0.25, 0.3) is 5.69 Å². The summed E-state index contributed by atoms with van der Waals surface area (Å²) in [7, 11) is 1.69. The predicted octanol–water partition coefficient (Wildman–Crippen LogP) is 7.81. The minimum absolute atomic E-state index is 0.123. The van der Waals surface area contributed by atoms with Crippen molar-refractivity contribution in [3.05, 3.63) is 101 Å². The number of nitrogens with zero attached hydrogens (tertiary/aromatic N) is 4. The summed E-state index contributed by atoms with van der Waals surface area (Å²) in [6, 6.07) is 22.6. The van der Waals surface area contributed by atoms with Crippen LogP contribution in [0.4, 0.5) is 11.4 Å². The average molecular weight is 600 g/mol. The van der Waals surface area contributed by atoms with Gasteiger partial charge in [-0.05, 0) is 111 Å². The van der Waals surface area contributed by atoms with Gasteiger partial charge in [0.1, 0.15) is 5.75 Å². The van der Waals surface area contributed by atoms with Crippen LogP contribution >= 0.6 is 23.8 Å². The molecular weight excluding hydrogens is 562 g/mol. The second-order valence-corrected chi connectivity index (χ2v) is 12.6. The van der Waals surface area contributed by atoms with E-state index in [1.807, 2.05) is 30.5 Å². The minimum atomic E-state index is -0.134. The zero-order valence-electron chi connectivity index (χ0n) is 24.8. The monoisotopic (exact) mass is 599 g/mol. The lowest BCUT2D eigenvalue weighted by atomic mass is 9.91. The van der Waals surface area contributed by atoms with Crippen LogP contribution in [0.1, 0.15) is 55.0 Å². The molecule has 218 valence electrons. The Labute approximate surface area is 259 Å². The molecule has 0 aliphatic carbocycles. The quantitative estimate of drug-likeness (QED) is 0.228. The van der Waals surface area contributed by atoms with Gasteiger partial charge >= 0.3 is 0 Å². The van der Waals surface area contributed by atoms with Crippen molar-refractivity contribution in [1.82, 2.24) is 14.9 Å². The Balaban J connectivity index is 1.43. The number of piperidine rings is 1. The van der Waals surface area contributed by atoms with Crippen LogP contribution < -0.4 is 19.9 Å². The molecule has 6 rings (SSSR count). The highest BCUT2D eigenvalue weighted by atomic mass is 35.5. The van der Waals surface area contributed by atoms with Crippen LogP contribution in [0, 0.1) is 25.7 Å². The number of nitrogens with one attached hydrogen (secondary N) is 1. The van der Waals surface area contributed by atoms with E-state index in [2.05, 4.69) is 89.8 Å². The molecule has 0 bridgehead atoms. The molecule has 6 nitrogen and oxygen atoms in total. The Hall–Kier alpha value is -3.55. The molecule has 4 atom stereocenters. The number of methoxy groups -OCH3 is 1. The van der Waals surface area contributed by atoms with E-state index in [1.165, 1.54) is 12.0 Å². The van der Waals surface area contributed by atoms with Gasteiger partial charge in [-0.25, -0.2) is 0 Å². The van der Waals surface area contributed by atoms with Crippen molar-refractivity contribution in [2.75, 3.05) is 30.0 Å². The molecule has 0 radical (unpaired) electrons. The van der Waals surface area contributed by atoms with Crippen LogP contribution in [-0.2, 0) is 0 Å². The van der Waals surface area contributed by atoms with Crippen LogP contribution in [0.5, 0.6) is 5.75 Å². The fraction of sp³-hybridized carbons (Fsp3) is 0.353. The molecule has 8 heteroatoms. The first-order chi connectivity index (χ1) is 20.2. The number of hydrogen-bond acceptors (Lipinski definition) is 4. The Morgan fingerprint density at radius 1 is 0.952 bits per heavy atom. The fourth-order valence-electron chi connectivity index (χ4n) is 6.93. The van der Waals surface area contributed by atoms with Gasteiger partial charge < -0.3 is 24.4 Å². The third-order valence-electron chi connectivity index (χ3n) is 8.64. The molecule has 2 fully saturated rings. The highest BCUT2D eigenvalue weighted by Gasteiger charge is 2.42. The summed E-state index contributed by atoms with van der Waals surface area (Å²) in [6.45, 7) is 11.0. The van der Waals surface area contributed by atoms with Gasteiger partial charge in [-0.3, -0.25) is 4.98 Å². The van der Waals surface area contributed by atoms with Gasteiger partial charge in [-0.15, -0.1) is 0 Å². The number of ether oxygens (including phenoxy) is 1. The third kappa shape index (κ3) is 5.25. The molecule has 2 aliphatic heterocycles. The Kier molecular flexibility index (Phi) is 7.90. The lowest BCUT2D eigenvalue weighted by Gasteiger charge is -2.37. The molecule has 2 aromatic carbocycles. The topological polar surface area (TPSA) is 45.6 Å². The maximum atomic E-state index is 7.04. The second kappa shape index (κ2) is 11.6. The van der Waals surface area contributed by atoms with E-state index in [-0.39, 0.29) is 12.1 Å². The number of aromatic nitrogens is 2. The maximum Gasteiger partial charge on any atom is 0.174 e. The van der Waals surface area contributed by atoms with Crippen molar-refractivity contribution < 1.29 is 4.74 Å². The van der Waals surface area contributed by atoms with Crippen molar-refractivity contribution >= 4 is 40.3 Å². The average Bonchev–Trinajstić information content (AvgIpc) is 3.47. The standard InChI is InChI=1S/C34H38ClN5OS/c1-21-16-22(2)20-38(19-21)31-14-11-26(18-29(31)35)40-33(32(37-34(40)42)30-8-6-7-15-36-30)28-17-23(3)39(24(28)4)25-9-12-27(41-5)13-10-25/h6-15,17-18,21-22,32-33H,16,19-20H2,1-5H3,(H,37,42)/t21-,22+,32-,33-/m0/s1. The summed E-state index contributed by atoms with van der Waals surface area (Å²) < 4.78 is 7.69. The molecule has 2 aliphatic rings. The van der Waals surface area contributed by atoms with Crippen molar-refractivity contribution in [3.8, 4) is 11.4 Å². The summed E-state index contributed by atoms with van der Waals surface area (Å²) in [6.07, 6.45) is 3.10. The minimum Gasteiger partial charge on any atom is -0.497 e. The molecule has 2 saturated heterocycles. The number of hydrogen-bond donors (Lipinski definition) is 1. The Bertz CT molecular complexity index is 1580. The smallest absolute Gasteiger partial charge is 0.174 e. The van der Waals surface area contributed by atoms with E-state index in [4.69, 9.17) is 33.5 Å². The van der Waals surface area contributed by atoms with Crippen LogP contribution in [-0.4, -0.2) is 34.9 Å². The maximum absolute atomic E-state index is 7.04. The van der Waals surface area contributed by atoms with Crippen LogP contribution in [0.15, 0.2) is 72.9 Å². The van der Waals surface area contributed by atoms with E-state index >= 15 is 0 Å². The highest BCUT2D eigenvalue weighted by Crippen LogP contribution is 2.45. The first-order valence-corrected chi connectivity index (χ1v) is 15.4. The van der Waals surface area contributed by atoms with Crippen LogP contribution in [0.2, 0.25) is 5.02 Å². The lowest BCUT2D eigenvalue weighted by Crippen LogP contribution is -2.38. The van der Waals surface area contributed by atoms with Gasteiger partial charge in [-0.1, -0.05) is 31.5 Å². The third-order valence-corrected chi connectivity index (χ3v) is 9.25. The number of pyridine rings is 1. The number of benzene rings is 2. The van der Waals surface area contributed by atoms with Crippen molar-refractivity contribution in [2.24, 2.45) is 11.8 Å². The van der Waals surface area contributed by atoms with Crippen LogP contribution in [0.3, 0.4) is 0 Å². The van der Waals surface area contributed by atoms with Crippen molar-refractivity contribution in [3.63, 3.8) is 0 Å². The molecule has 0 spiro atoms. The van der Waals surface area contributed by atoms with Crippen molar-refractivity contribution in [2.45, 2.75) is 46.2 Å². The molecule has 2 aromatic heterocycles. The van der Waals surface area contributed by atoms with Gasteiger partial charge in [0.25, 0.3) is 0 Å². The zero-order chi connectivity index (χ0) is 29.5. The molecule has 1 N–H and O–H groups in total. The van der Waals surface area contributed by atoms with E-state index in [0.717, 1.165) is 58.0 Å². The van der Waals surface area contributed by atoms with Gasteiger partial charge in [0.2, 0.25) is 0 Å². The largest absolute Gasteiger partial charge is 0.497 e. The Morgan fingerprint density at radius 3 is 2.31 bits per heavy atom. The molecule has 0 amide bonds. The number of halogens is 1. The van der Waals surface area contributed by atoms with E-state index in [9.17, 15) is 0 Å². The number of thiocarbonyl (C=S) groups is 1. The van der Waals surface area contributed by atoms with Gasteiger partial charge in [0.15, 0.2) is 5.11 Å². The summed E-state index contributed by atoms with van der Waals surface area (Å²) in [5.74, 6) is 2.12. The molecule has 4 heterocycles. The van der Waals surface area contributed by atoms with E-state index in [0.29, 0.717) is 16.9 Å². The number of anilines is 2. The summed E-state index contributed by atoms with van der Waals surface area (Å²) in [4.78, 5) is 9.39. The summed E-state index contributed by atoms with van der Waals surface area (Å²) in [5.41, 5.74) is 7.57. The zero-order valence-corrected chi connectivity index (χ0v) is 26.4. The Morgan fingerprint density at radius 2 is 1.67 bits per heavy atom. The van der Waals surface area contributed by atoms with E-state index < -0.39 is 0 Å². The fourth-order valence-corrected chi connectivity index (χ4v) is 7.57.